The number of rotatable bonds is 0. The van der Waals surface area contributed by atoms with E-state index in [1.54, 1.807) is 6.92 Å². The van der Waals surface area contributed by atoms with E-state index in [0.717, 1.165) is 11.3 Å². The van der Waals surface area contributed by atoms with E-state index in [2.05, 4.69) is 0 Å². The second-order valence-corrected chi connectivity index (χ2v) is 2.59. The maximum absolute atomic E-state index is 7.65. The maximum atomic E-state index is 7.65. The van der Waals surface area contributed by atoms with Gasteiger partial charge in [0.1, 0.15) is 11.8 Å². The molecule has 10 heavy (non-hydrogen) atoms. The van der Waals surface area contributed by atoms with Crippen molar-refractivity contribution in [3.63, 3.8) is 0 Å². The van der Waals surface area contributed by atoms with Crippen LogP contribution in [0.5, 0.6) is 5.75 Å². The highest BCUT2D eigenvalue weighted by Gasteiger charge is 2.16. The largest absolute Gasteiger partial charge is 0.490 e. The Hall–Kier alpha value is -0.980. The van der Waals surface area contributed by atoms with Crippen LogP contribution in [0.4, 0.5) is 0 Å². The van der Waals surface area contributed by atoms with Crippen molar-refractivity contribution in [1.82, 2.24) is 0 Å². The Morgan fingerprint density at radius 1 is 1.60 bits per heavy atom. The van der Waals surface area contributed by atoms with E-state index in [1.165, 1.54) is 0 Å². The summed E-state index contributed by atoms with van der Waals surface area (Å²) >= 11 is 0. The summed E-state index contributed by atoms with van der Waals surface area (Å²) in [5.41, 5.74) is 1.14. The minimum atomic E-state index is -0.746. The third-order valence-corrected chi connectivity index (χ3v) is 1.70. The lowest BCUT2D eigenvalue weighted by molar-refractivity contribution is 0.254. The van der Waals surface area contributed by atoms with E-state index >= 15 is 0 Å². The van der Waals surface area contributed by atoms with Crippen LogP contribution in [0, 0.1) is 0 Å². The molecule has 2 rings (SSSR count). The zero-order valence-electron chi connectivity index (χ0n) is 6.92. The Labute approximate surface area is 62.0 Å². The lowest BCUT2D eigenvalue weighted by Crippen LogP contribution is -2.05. The van der Waals surface area contributed by atoms with Gasteiger partial charge in [-0.1, -0.05) is 18.2 Å². The molecule has 0 fully saturated rings. The van der Waals surface area contributed by atoms with Crippen LogP contribution in [-0.2, 0) is 6.42 Å². The van der Waals surface area contributed by atoms with Crippen molar-refractivity contribution in [1.29, 1.82) is 0 Å². The molecule has 0 amide bonds. The van der Waals surface area contributed by atoms with Crippen LogP contribution in [-0.4, -0.2) is 6.08 Å². The number of para-hydroxylation sites is 1. The van der Waals surface area contributed by atoms with Gasteiger partial charge in [0.15, 0.2) is 0 Å². The van der Waals surface area contributed by atoms with E-state index in [1.807, 2.05) is 24.3 Å². The third-order valence-electron chi connectivity index (χ3n) is 1.70. The third kappa shape index (κ3) is 0.783. The molecule has 1 heteroatoms. The molecule has 0 aliphatic carbocycles. The average Bonchev–Trinajstić information content (AvgIpc) is 2.21. The molecule has 1 aliphatic heterocycles. The molecule has 1 nitrogen and oxygen atoms in total. The number of ether oxygens (including phenoxy) is 1. The predicted molar refractivity (Wildman–Crippen MR) is 40.2 cm³/mol. The fraction of sp³-hybridized carbons (Fsp3) is 0.333. The number of hydrogen-bond donors (Lipinski definition) is 0. The normalized spacial score (nSPS) is 30.7. The summed E-state index contributed by atoms with van der Waals surface area (Å²) in [4.78, 5) is 0. The van der Waals surface area contributed by atoms with Crippen molar-refractivity contribution in [3.8, 4) is 5.75 Å². The van der Waals surface area contributed by atoms with Crippen molar-refractivity contribution in [2.24, 2.45) is 0 Å². The van der Waals surface area contributed by atoms with Gasteiger partial charge in [0.05, 0.1) is 1.37 Å². The minimum absolute atomic E-state index is 0.698. The van der Waals surface area contributed by atoms with E-state index < -0.39 is 6.08 Å². The first-order valence-electron chi connectivity index (χ1n) is 3.94. The van der Waals surface area contributed by atoms with Crippen LogP contribution in [0.25, 0.3) is 0 Å². The molecule has 1 aromatic rings. The number of benzene rings is 1. The molecular formula is C9H10O. The van der Waals surface area contributed by atoms with Crippen LogP contribution in [0.2, 0.25) is 0 Å². The van der Waals surface area contributed by atoms with Crippen LogP contribution in [0.15, 0.2) is 24.3 Å². The van der Waals surface area contributed by atoms with Gasteiger partial charge in [0.25, 0.3) is 0 Å². The summed E-state index contributed by atoms with van der Waals surface area (Å²) in [7, 11) is 0. The van der Waals surface area contributed by atoms with E-state index in [-0.39, 0.29) is 0 Å². The SMILES string of the molecule is [2H]C1(C)Cc2ccccc2O1. The maximum Gasteiger partial charge on any atom is 0.123 e. The van der Waals surface area contributed by atoms with Crippen molar-refractivity contribution >= 4 is 0 Å². The molecule has 0 saturated heterocycles. The molecule has 0 radical (unpaired) electrons. The van der Waals surface area contributed by atoms with Crippen LogP contribution >= 0.6 is 0 Å². The lowest BCUT2D eigenvalue weighted by Gasteiger charge is -2.00. The number of hydrogen-bond acceptors (Lipinski definition) is 1. The highest BCUT2D eigenvalue weighted by Crippen LogP contribution is 2.27. The fourth-order valence-corrected chi connectivity index (χ4v) is 1.24. The van der Waals surface area contributed by atoms with Crippen molar-refractivity contribution in [2.45, 2.75) is 19.4 Å². The second kappa shape index (κ2) is 2.01. The number of fused-ring (bicyclic) bond motifs is 1. The molecule has 1 heterocycles. The van der Waals surface area contributed by atoms with Gasteiger partial charge in [0, 0.05) is 6.42 Å². The first kappa shape index (κ1) is 4.78. The van der Waals surface area contributed by atoms with Crippen LogP contribution in [0.1, 0.15) is 13.9 Å². The minimum Gasteiger partial charge on any atom is -0.490 e. The summed E-state index contributed by atoms with van der Waals surface area (Å²) < 4.78 is 13.0. The van der Waals surface area contributed by atoms with Crippen molar-refractivity contribution < 1.29 is 6.11 Å². The quantitative estimate of drug-likeness (QED) is 0.528. The topological polar surface area (TPSA) is 9.23 Å². The molecule has 0 N–H and O–H groups in total. The van der Waals surface area contributed by atoms with Gasteiger partial charge in [-0.15, -0.1) is 0 Å². The van der Waals surface area contributed by atoms with E-state index in [0.29, 0.717) is 6.42 Å². The Bertz CT molecular complexity index is 254. The molecule has 1 unspecified atom stereocenters. The Morgan fingerprint density at radius 3 is 3.20 bits per heavy atom. The highest BCUT2D eigenvalue weighted by molar-refractivity contribution is 5.36. The molecule has 0 saturated carbocycles. The first-order valence-corrected chi connectivity index (χ1v) is 3.44. The molecule has 52 valence electrons. The predicted octanol–water partition coefficient (Wildman–Crippen LogP) is 2.01. The molecule has 1 aromatic carbocycles. The highest BCUT2D eigenvalue weighted by atomic mass is 16.5. The standard InChI is InChI=1S/C9H10O/c1-7-6-8-4-2-3-5-9(8)10-7/h2-5,7H,6H2,1H3/i7D. The van der Waals surface area contributed by atoms with Gasteiger partial charge in [-0.25, -0.2) is 0 Å². The lowest BCUT2D eigenvalue weighted by atomic mass is 10.1. The van der Waals surface area contributed by atoms with Gasteiger partial charge in [-0.05, 0) is 18.6 Å². The molecule has 0 aromatic heterocycles. The van der Waals surface area contributed by atoms with Gasteiger partial charge in [-0.2, -0.15) is 0 Å². The van der Waals surface area contributed by atoms with Crippen LogP contribution in [0.3, 0.4) is 0 Å². The van der Waals surface area contributed by atoms with Crippen molar-refractivity contribution in [3.05, 3.63) is 29.8 Å². The zero-order chi connectivity index (χ0) is 7.90. The molecule has 1 atom stereocenters. The van der Waals surface area contributed by atoms with Crippen molar-refractivity contribution in [2.75, 3.05) is 0 Å². The van der Waals surface area contributed by atoms with E-state index in [9.17, 15) is 0 Å². The van der Waals surface area contributed by atoms with Crippen LogP contribution < -0.4 is 4.74 Å². The zero-order valence-corrected chi connectivity index (χ0v) is 5.92. The summed E-state index contributed by atoms with van der Waals surface area (Å²) in [6, 6.07) is 7.83. The monoisotopic (exact) mass is 135 g/mol. The molecular weight excluding hydrogens is 124 g/mol. The van der Waals surface area contributed by atoms with Gasteiger partial charge in [0.2, 0.25) is 0 Å². The van der Waals surface area contributed by atoms with Gasteiger partial charge < -0.3 is 4.74 Å². The summed E-state index contributed by atoms with van der Waals surface area (Å²) in [6.45, 7) is 1.78. The summed E-state index contributed by atoms with van der Waals surface area (Å²) in [5.74, 6) is 0.866. The Kier molecular flexibility index (Phi) is 0.961. The summed E-state index contributed by atoms with van der Waals surface area (Å²) in [5, 5.41) is 0. The summed E-state index contributed by atoms with van der Waals surface area (Å²) in [6.07, 6.45) is -0.0487. The first-order chi connectivity index (χ1) is 5.17. The molecule has 1 aliphatic rings. The molecule has 0 spiro atoms. The fourth-order valence-electron chi connectivity index (χ4n) is 1.24. The smallest absolute Gasteiger partial charge is 0.123 e. The molecule has 0 bridgehead atoms. The Balaban J connectivity index is 2.41. The average molecular weight is 135 g/mol. The van der Waals surface area contributed by atoms with Gasteiger partial charge in [-0.3, -0.25) is 0 Å². The van der Waals surface area contributed by atoms with Gasteiger partial charge >= 0.3 is 0 Å². The second-order valence-electron chi connectivity index (χ2n) is 2.59. The van der Waals surface area contributed by atoms with E-state index in [4.69, 9.17) is 6.11 Å². The Morgan fingerprint density at radius 2 is 2.40 bits per heavy atom.